The number of hydrogen-bond acceptors (Lipinski definition) is 6. The molecule has 0 bridgehead atoms. The van der Waals surface area contributed by atoms with E-state index in [1.807, 2.05) is 18.2 Å². The Morgan fingerprint density at radius 2 is 2.00 bits per heavy atom. The molecule has 21 heavy (non-hydrogen) atoms. The summed E-state index contributed by atoms with van der Waals surface area (Å²) >= 11 is 0. The normalized spacial score (nSPS) is 10.3. The van der Waals surface area contributed by atoms with Crippen molar-refractivity contribution in [2.45, 2.75) is 0 Å². The van der Waals surface area contributed by atoms with Crippen LogP contribution in [0.1, 0.15) is 0 Å². The fraction of sp³-hybridized carbons (Fsp3) is 0. The van der Waals surface area contributed by atoms with E-state index >= 15 is 0 Å². The van der Waals surface area contributed by atoms with Gasteiger partial charge in [-0.25, -0.2) is 15.0 Å². The van der Waals surface area contributed by atoms with E-state index in [-0.39, 0.29) is 17.3 Å². The molecule has 3 aromatic rings. The molecule has 1 N–H and O–H groups in total. The van der Waals surface area contributed by atoms with Crippen molar-refractivity contribution in [2.75, 3.05) is 5.32 Å². The van der Waals surface area contributed by atoms with Gasteiger partial charge < -0.3 is 5.32 Å². The number of benzene rings is 1. The second-order valence-electron chi connectivity index (χ2n) is 4.11. The highest BCUT2D eigenvalue weighted by Gasteiger charge is 2.24. The summed E-state index contributed by atoms with van der Waals surface area (Å²) in [6.07, 6.45) is 5.83. The van der Waals surface area contributed by atoms with Crippen molar-refractivity contribution < 1.29 is 4.92 Å². The van der Waals surface area contributed by atoms with Gasteiger partial charge in [-0.05, 0) is 12.1 Å². The van der Waals surface area contributed by atoms with Crippen molar-refractivity contribution in [1.82, 2.24) is 19.5 Å². The summed E-state index contributed by atoms with van der Waals surface area (Å²) in [7, 11) is 0. The third-order valence-corrected chi connectivity index (χ3v) is 2.77. The zero-order valence-electron chi connectivity index (χ0n) is 10.7. The van der Waals surface area contributed by atoms with E-state index in [0.29, 0.717) is 5.69 Å². The number of nitrogens with zero attached hydrogens (tertiary/aromatic N) is 5. The maximum Gasteiger partial charge on any atom is 0.354 e. The third-order valence-electron chi connectivity index (χ3n) is 2.77. The second-order valence-corrected chi connectivity index (χ2v) is 4.11. The molecule has 0 saturated heterocycles. The van der Waals surface area contributed by atoms with Crippen LogP contribution in [0.15, 0.2) is 55.4 Å². The molecule has 0 aliphatic rings. The average molecular weight is 282 g/mol. The van der Waals surface area contributed by atoms with Gasteiger partial charge in [-0.1, -0.05) is 18.2 Å². The average Bonchev–Trinajstić information content (AvgIpc) is 3.02. The van der Waals surface area contributed by atoms with Gasteiger partial charge in [-0.3, -0.25) is 14.7 Å². The summed E-state index contributed by atoms with van der Waals surface area (Å²) in [5.41, 5.74) is 0.496. The van der Waals surface area contributed by atoms with Gasteiger partial charge in [0.05, 0.1) is 4.92 Å². The molecule has 0 aliphatic heterocycles. The van der Waals surface area contributed by atoms with Crippen molar-refractivity contribution >= 4 is 17.2 Å². The standard InChI is InChI=1S/C13H10N6O2/c20-19(21)11-12(17-10-4-2-1-3-5-10)15-8-16-13(11)18-7-6-14-9-18/h1-9H,(H,15,16,17). The van der Waals surface area contributed by atoms with Crippen LogP contribution in [-0.4, -0.2) is 24.4 Å². The Hall–Kier alpha value is -3.29. The Bertz CT molecular complexity index is 758. The van der Waals surface area contributed by atoms with Crippen molar-refractivity contribution in [2.24, 2.45) is 0 Å². The number of aromatic nitrogens is 4. The number of para-hydroxylation sites is 1. The first-order chi connectivity index (χ1) is 10.3. The fourth-order valence-electron chi connectivity index (χ4n) is 1.86. The fourth-order valence-corrected chi connectivity index (χ4v) is 1.86. The minimum absolute atomic E-state index is 0.130. The molecule has 0 spiro atoms. The summed E-state index contributed by atoms with van der Waals surface area (Å²) < 4.78 is 1.47. The number of nitrogens with one attached hydrogen (secondary N) is 1. The van der Waals surface area contributed by atoms with E-state index in [2.05, 4.69) is 20.3 Å². The molecule has 0 radical (unpaired) electrons. The Labute approximate surface area is 119 Å². The lowest BCUT2D eigenvalue weighted by atomic mass is 10.3. The summed E-state index contributed by atoms with van der Waals surface area (Å²) in [5.74, 6) is 0.288. The summed E-state index contributed by atoms with van der Waals surface area (Å²) in [4.78, 5) is 22.7. The van der Waals surface area contributed by atoms with Crippen LogP contribution >= 0.6 is 0 Å². The molecule has 0 aliphatic carbocycles. The highest BCUT2D eigenvalue weighted by molar-refractivity contribution is 5.70. The van der Waals surface area contributed by atoms with Crippen molar-refractivity contribution in [3.8, 4) is 5.82 Å². The zero-order chi connectivity index (χ0) is 14.7. The smallest absolute Gasteiger partial charge is 0.334 e. The Morgan fingerprint density at radius 1 is 1.19 bits per heavy atom. The molecule has 8 nitrogen and oxygen atoms in total. The predicted molar refractivity (Wildman–Crippen MR) is 75.5 cm³/mol. The van der Waals surface area contributed by atoms with E-state index < -0.39 is 4.92 Å². The highest BCUT2D eigenvalue weighted by Crippen LogP contribution is 2.29. The molecule has 3 rings (SSSR count). The quantitative estimate of drug-likeness (QED) is 0.582. The van der Waals surface area contributed by atoms with Gasteiger partial charge in [0.2, 0.25) is 11.6 Å². The number of hydrogen-bond donors (Lipinski definition) is 1. The summed E-state index contributed by atoms with van der Waals surface area (Å²) in [6, 6.07) is 9.10. The van der Waals surface area contributed by atoms with Crippen LogP contribution in [0.25, 0.3) is 5.82 Å². The number of imidazole rings is 1. The molecule has 0 unspecified atom stereocenters. The van der Waals surface area contributed by atoms with Crippen LogP contribution in [0, 0.1) is 10.1 Å². The van der Waals surface area contributed by atoms with Gasteiger partial charge in [0.15, 0.2) is 0 Å². The van der Waals surface area contributed by atoms with Gasteiger partial charge in [0.25, 0.3) is 0 Å². The maximum atomic E-state index is 11.4. The number of nitro groups is 1. The molecule has 104 valence electrons. The van der Waals surface area contributed by atoms with Crippen LogP contribution in [-0.2, 0) is 0 Å². The molecule has 0 atom stereocenters. The number of rotatable bonds is 4. The molecule has 2 aromatic heterocycles. The zero-order valence-corrected chi connectivity index (χ0v) is 10.7. The predicted octanol–water partition coefficient (Wildman–Crippen LogP) is 2.31. The molecular weight excluding hydrogens is 272 g/mol. The molecule has 0 fully saturated rings. The SMILES string of the molecule is O=[N+]([O-])c1c(Nc2ccccc2)ncnc1-n1ccnc1. The van der Waals surface area contributed by atoms with Crippen molar-refractivity contribution in [3.05, 3.63) is 65.5 Å². The Balaban J connectivity index is 2.09. The largest absolute Gasteiger partial charge is 0.354 e. The minimum atomic E-state index is -0.513. The lowest BCUT2D eigenvalue weighted by Crippen LogP contribution is -2.06. The van der Waals surface area contributed by atoms with E-state index in [1.54, 1.807) is 18.3 Å². The first-order valence-corrected chi connectivity index (χ1v) is 6.05. The van der Waals surface area contributed by atoms with Crippen LogP contribution in [0.2, 0.25) is 0 Å². The molecule has 0 saturated carbocycles. The van der Waals surface area contributed by atoms with Crippen molar-refractivity contribution in [3.63, 3.8) is 0 Å². The third kappa shape index (κ3) is 2.54. The van der Waals surface area contributed by atoms with Gasteiger partial charge in [-0.2, -0.15) is 0 Å². The van der Waals surface area contributed by atoms with E-state index in [1.165, 1.54) is 23.4 Å². The monoisotopic (exact) mass is 282 g/mol. The second kappa shape index (κ2) is 5.37. The van der Waals surface area contributed by atoms with Crippen LogP contribution in [0.5, 0.6) is 0 Å². The molecular formula is C13H10N6O2. The summed E-state index contributed by atoms with van der Waals surface area (Å²) in [6.45, 7) is 0. The van der Waals surface area contributed by atoms with Gasteiger partial charge in [0, 0.05) is 18.1 Å². The van der Waals surface area contributed by atoms with Gasteiger partial charge >= 0.3 is 5.69 Å². The van der Waals surface area contributed by atoms with Gasteiger partial charge in [-0.15, -0.1) is 0 Å². The van der Waals surface area contributed by atoms with Crippen LogP contribution < -0.4 is 5.32 Å². The molecule has 1 aromatic carbocycles. The molecule has 0 amide bonds. The minimum Gasteiger partial charge on any atom is -0.334 e. The van der Waals surface area contributed by atoms with Crippen LogP contribution in [0.3, 0.4) is 0 Å². The van der Waals surface area contributed by atoms with Crippen molar-refractivity contribution in [1.29, 1.82) is 0 Å². The van der Waals surface area contributed by atoms with Gasteiger partial charge in [0.1, 0.15) is 12.7 Å². The summed E-state index contributed by atoms with van der Waals surface area (Å²) in [5, 5.41) is 14.3. The van der Waals surface area contributed by atoms with E-state index in [0.717, 1.165) is 0 Å². The van der Waals surface area contributed by atoms with E-state index in [4.69, 9.17) is 0 Å². The Morgan fingerprint density at radius 3 is 2.67 bits per heavy atom. The highest BCUT2D eigenvalue weighted by atomic mass is 16.6. The lowest BCUT2D eigenvalue weighted by Gasteiger charge is -2.08. The Kier molecular flexibility index (Phi) is 3.26. The maximum absolute atomic E-state index is 11.4. The van der Waals surface area contributed by atoms with Crippen LogP contribution in [0.4, 0.5) is 17.2 Å². The first kappa shape index (κ1) is 12.7. The first-order valence-electron chi connectivity index (χ1n) is 6.05. The van der Waals surface area contributed by atoms with E-state index in [9.17, 15) is 10.1 Å². The topological polar surface area (TPSA) is 98.8 Å². The lowest BCUT2D eigenvalue weighted by molar-refractivity contribution is -0.384. The molecule has 2 heterocycles. The number of anilines is 2. The molecule has 8 heteroatoms.